The smallest absolute Gasteiger partial charge is 0.262 e. The lowest BCUT2D eigenvalue weighted by Gasteiger charge is -2.14. The fourth-order valence-electron chi connectivity index (χ4n) is 1.22. The zero-order valence-electron chi connectivity index (χ0n) is 7.04. The lowest BCUT2D eigenvalue weighted by atomic mass is 10.3. The number of rotatable bonds is 3. The quantitative estimate of drug-likeness (QED) is 0.696. The Kier molecular flexibility index (Phi) is 2.88. The van der Waals surface area contributed by atoms with Crippen molar-refractivity contribution in [1.82, 2.24) is 4.31 Å². The molecule has 0 aromatic rings. The van der Waals surface area contributed by atoms with Gasteiger partial charge in [0.25, 0.3) is 5.92 Å². The number of nitrogens with two attached hydrogens (primary N) is 1. The van der Waals surface area contributed by atoms with Crippen LogP contribution in [0.25, 0.3) is 0 Å². The van der Waals surface area contributed by atoms with Gasteiger partial charge in [0.1, 0.15) is 0 Å². The molecular weight excluding hydrogens is 202 g/mol. The molecule has 1 rings (SSSR count). The van der Waals surface area contributed by atoms with E-state index in [1.54, 1.807) is 0 Å². The molecule has 0 amide bonds. The number of hydrogen-bond acceptors (Lipinski definition) is 3. The standard InChI is InChI=1S/C6H12F2N2O2S/c7-6(8)1-3-10(5-6)13(11,12)4-2-9/h1-5,9H2. The molecule has 7 heteroatoms. The van der Waals surface area contributed by atoms with Crippen molar-refractivity contribution in [1.29, 1.82) is 0 Å². The molecule has 1 aliphatic rings. The van der Waals surface area contributed by atoms with Gasteiger partial charge in [-0.15, -0.1) is 0 Å². The summed E-state index contributed by atoms with van der Waals surface area (Å²) in [5, 5.41) is 0. The van der Waals surface area contributed by atoms with Crippen molar-refractivity contribution in [2.45, 2.75) is 12.3 Å². The van der Waals surface area contributed by atoms with Crippen LogP contribution in [0.5, 0.6) is 0 Å². The maximum atomic E-state index is 12.6. The maximum absolute atomic E-state index is 12.6. The summed E-state index contributed by atoms with van der Waals surface area (Å²) in [6, 6.07) is 0. The Labute approximate surface area is 75.7 Å². The molecular formula is C6H12F2N2O2S. The highest BCUT2D eigenvalue weighted by atomic mass is 32.2. The van der Waals surface area contributed by atoms with Crippen LogP contribution >= 0.6 is 0 Å². The van der Waals surface area contributed by atoms with E-state index in [9.17, 15) is 17.2 Å². The lowest BCUT2D eigenvalue weighted by Crippen LogP contribution is -2.35. The van der Waals surface area contributed by atoms with Gasteiger partial charge in [-0.1, -0.05) is 0 Å². The van der Waals surface area contributed by atoms with Gasteiger partial charge in [-0.25, -0.2) is 17.2 Å². The van der Waals surface area contributed by atoms with Gasteiger partial charge in [-0.05, 0) is 0 Å². The van der Waals surface area contributed by atoms with Gasteiger partial charge in [0, 0.05) is 19.5 Å². The average molecular weight is 214 g/mol. The highest BCUT2D eigenvalue weighted by Crippen LogP contribution is 2.28. The third-order valence-corrected chi connectivity index (χ3v) is 3.75. The summed E-state index contributed by atoms with van der Waals surface area (Å²) in [6.45, 7) is -0.838. The van der Waals surface area contributed by atoms with Gasteiger partial charge in [0.2, 0.25) is 10.0 Å². The number of sulfonamides is 1. The summed E-state index contributed by atoms with van der Waals surface area (Å²) >= 11 is 0. The van der Waals surface area contributed by atoms with Crippen molar-refractivity contribution >= 4 is 10.0 Å². The van der Waals surface area contributed by atoms with E-state index in [1.807, 2.05) is 0 Å². The van der Waals surface area contributed by atoms with E-state index in [0.29, 0.717) is 0 Å². The number of alkyl halides is 2. The van der Waals surface area contributed by atoms with E-state index in [4.69, 9.17) is 5.73 Å². The first-order chi connectivity index (χ1) is 5.87. The van der Waals surface area contributed by atoms with Gasteiger partial charge in [-0.3, -0.25) is 0 Å². The molecule has 0 aromatic heterocycles. The Morgan fingerprint density at radius 3 is 2.46 bits per heavy atom. The van der Waals surface area contributed by atoms with Crippen molar-refractivity contribution in [3.8, 4) is 0 Å². The van der Waals surface area contributed by atoms with Crippen LogP contribution in [0.1, 0.15) is 6.42 Å². The van der Waals surface area contributed by atoms with Crippen LogP contribution in [0, 0.1) is 0 Å². The van der Waals surface area contributed by atoms with Gasteiger partial charge >= 0.3 is 0 Å². The predicted octanol–water partition coefficient (Wildman–Crippen LogP) is -0.384. The van der Waals surface area contributed by atoms with Crippen LogP contribution in [0.2, 0.25) is 0 Å². The van der Waals surface area contributed by atoms with Gasteiger partial charge < -0.3 is 5.73 Å². The van der Waals surface area contributed by atoms with Crippen molar-refractivity contribution in [3.63, 3.8) is 0 Å². The summed E-state index contributed by atoms with van der Waals surface area (Å²) in [5.74, 6) is -3.13. The molecule has 0 unspecified atom stereocenters. The van der Waals surface area contributed by atoms with Gasteiger partial charge in [-0.2, -0.15) is 4.31 Å². The largest absolute Gasteiger partial charge is 0.329 e. The Morgan fingerprint density at radius 2 is 2.08 bits per heavy atom. The number of hydrogen-bond donors (Lipinski definition) is 1. The minimum Gasteiger partial charge on any atom is -0.329 e. The molecule has 0 atom stereocenters. The fourth-order valence-corrected chi connectivity index (χ4v) is 2.53. The van der Waals surface area contributed by atoms with Crippen LogP contribution in [-0.2, 0) is 10.0 Å². The van der Waals surface area contributed by atoms with E-state index in [1.165, 1.54) is 0 Å². The first kappa shape index (κ1) is 10.8. The highest BCUT2D eigenvalue weighted by molar-refractivity contribution is 7.89. The van der Waals surface area contributed by atoms with Crippen LogP contribution in [0.15, 0.2) is 0 Å². The molecule has 2 N–H and O–H groups in total. The van der Waals surface area contributed by atoms with E-state index in [2.05, 4.69) is 0 Å². The van der Waals surface area contributed by atoms with Gasteiger partial charge in [0.15, 0.2) is 0 Å². The van der Waals surface area contributed by atoms with E-state index >= 15 is 0 Å². The second-order valence-corrected chi connectivity index (χ2v) is 5.13. The molecule has 13 heavy (non-hydrogen) atoms. The molecule has 0 radical (unpaired) electrons. The third kappa shape index (κ3) is 2.58. The molecule has 0 aliphatic carbocycles. The summed E-state index contributed by atoms with van der Waals surface area (Å²) in [6.07, 6.45) is -0.392. The molecule has 0 saturated carbocycles. The zero-order valence-corrected chi connectivity index (χ0v) is 7.86. The minimum absolute atomic E-state index is 0.0373. The van der Waals surface area contributed by atoms with Crippen LogP contribution < -0.4 is 5.73 Å². The van der Waals surface area contributed by atoms with Crippen LogP contribution in [0.3, 0.4) is 0 Å². The summed E-state index contributed by atoms with van der Waals surface area (Å²) in [7, 11) is -3.55. The lowest BCUT2D eigenvalue weighted by molar-refractivity contribution is 0.0184. The van der Waals surface area contributed by atoms with E-state index in [-0.39, 0.29) is 18.8 Å². The monoisotopic (exact) mass is 214 g/mol. The molecule has 1 fully saturated rings. The molecule has 1 aliphatic heterocycles. The summed E-state index contributed by atoms with van der Waals surface area (Å²) in [5.41, 5.74) is 5.06. The number of nitrogens with zero attached hydrogens (tertiary/aromatic N) is 1. The second kappa shape index (κ2) is 3.47. The highest BCUT2D eigenvalue weighted by Gasteiger charge is 2.42. The zero-order chi connectivity index (χ0) is 10.1. The van der Waals surface area contributed by atoms with Crippen LogP contribution in [-0.4, -0.2) is 44.0 Å². The Hall–Kier alpha value is -0.270. The summed E-state index contributed by atoms with van der Waals surface area (Å²) < 4.78 is 48.5. The van der Waals surface area contributed by atoms with Gasteiger partial charge in [0.05, 0.1) is 12.3 Å². The van der Waals surface area contributed by atoms with Crippen molar-refractivity contribution in [3.05, 3.63) is 0 Å². The Morgan fingerprint density at radius 1 is 1.46 bits per heavy atom. The molecule has 1 saturated heterocycles. The fraction of sp³-hybridized carbons (Fsp3) is 1.00. The maximum Gasteiger partial charge on any atom is 0.262 e. The van der Waals surface area contributed by atoms with Crippen molar-refractivity contribution < 1.29 is 17.2 Å². The Bertz CT molecular complexity index is 278. The molecule has 0 aromatic carbocycles. The average Bonchev–Trinajstić information content (AvgIpc) is 2.30. The Balaban J connectivity index is 2.66. The molecule has 78 valence electrons. The number of halogens is 2. The third-order valence-electron chi connectivity index (χ3n) is 1.90. The second-order valence-electron chi connectivity index (χ2n) is 3.04. The van der Waals surface area contributed by atoms with Crippen LogP contribution in [0.4, 0.5) is 8.78 Å². The van der Waals surface area contributed by atoms with E-state index in [0.717, 1.165) is 4.31 Å². The first-order valence-corrected chi connectivity index (χ1v) is 5.54. The molecule has 0 bridgehead atoms. The molecule has 1 heterocycles. The van der Waals surface area contributed by atoms with Crippen molar-refractivity contribution in [2.24, 2.45) is 5.73 Å². The SMILES string of the molecule is NCCS(=O)(=O)N1CCC(F)(F)C1. The van der Waals surface area contributed by atoms with Crippen molar-refractivity contribution in [2.75, 3.05) is 25.4 Å². The summed E-state index contributed by atoms with van der Waals surface area (Å²) in [4.78, 5) is 0. The van der Waals surface area contributed by atoms with E-state index < -0.39 is 28.9 Å². The predicted molar refractivity (Wildman–Crippen MR) is 44.0 cm³/mol. The first-order valence-electron chi connectivity index (χ1n) is 3.93. The minimum atomic E-state index is -3.55. The molecule has 0 spiro atoms. The molecule has 4 nitrogen and oxygen atoms in total. The topological polar surface area (TPSA) is 63.4 Å². The normalized spacial score (nSPS) is 23.6.